The molecule has 0 saturated carbocycles. The Balaban J connectivity index is 2.32. The lowest BCUT2D eigenvalue weighted by molar-refractivity contribution is -0.390. The van der Waals surface area contributed by atoms with Gasteiger partial charge in [-0.25, -0.2) is 4.99 Å². The third kappa shape index (κ3) is 3.53. The fraction of sp³-hybridized carbons (Fsp3) is 0.533. The van der Waals surface area contributed by atoms with Gasteiger partial charge < -0.3 is 9.84 Å². The van der Waals surface area contributed by atoms with Gasteiger partial charge in [-0.3, -0.25) is 4.90 Å². The maximum Gasteiger partial charge on any atom is 0.455 e. The summed E-state index contributed by atoms with van der Waals surface area (Å²) in [5.41, 5.74) is -0.958. The highest BCUT2D eigenvalue weighted by Crippen LogP contribution is 2.49. The SMILES string of the molecule is CCCN(C1=NCCO1)c1ccc(C(F)(F)C(O)(F)C(F)(F)F)cc1. The van der Waals surface area contributed by atoms with E-state index in [4.69, 9.17) is 9.84 Å². The molecule has 2 rings (SSSR count). The monoisotopic (exact) mass is 370 g/mol. The lowest BCUT2D eigenvalue weighted by Crippen LogP contribution is -2.53. The third-order valence-electron chi connectivity index (χ3n) is 3.58. The lowest BCUT2D eigenvalue weighted by Gasteiger charge is -2.30. The average Bonchev–Trinajstić information content (AvgIpc) is 3.05. The fourth-order valence-electron chi connectivity index (χ4n) is 2.27. The number of alkyl halides is 6. The van der Waals surface area contributed by atoms with Gasteiger partial charge in [0, 0.05) is 17.8 Å². The van der Waals surface area contributed by atoms with Crippen LogP contribution in [0, 0.1) is 0 Å². The minimum absolute atomic E-state index is 0.277. The number of hydrogen-bond donors (Lipinski definition) is 1. The summed E-state index contributed by atoms with van der Waals surface area (Å²) in [4.78, 5) is 5.67. The van der Waals surface area contributed by atoms with Crippen LogP contribution in [-0.4, -0.2) is 42.9 Å². The molecule has 0 radical (unpaired) electrons. The second-order valence-corrected chi connectivity index (χ2v) is 5.41. The predicted molar refractivity (Wildman–Crippen MR) is 78.3 cm³/mol. The minimum Gasteiger partial charge on any atom is -0.463 e. The van der Waals surface area contributed by atoms with Gasteiger partial charge in [-0.1, -0.05) is 19.1 Å². The largest absolute Gasteiger partial charge is 0.463 e. The highest BCUT2D eigenvalue weighted by Gasteiger charge is 2.71. The average molecular weight is 370 g/mol. The molecule has 1 aromatic rings. The van der Waals surface area contributed by atoms with E-state index in [1.165, 1.54) is 0 Å². The molecule has 0 aromatic heterocycles. The number of anilines is 1. The first kappa shape index (κ1) is 19.4. The second kappa shape index (κ2) is 6.74. The van der Waals surface area contributed by atoms with Gasteiger partial charge in [0.05, 0.1) is 6.54 Å². The molecule has 0 fully saturated rings. The second-order valence-electron chi connectivity index (χ2n) is 5.41. The number of nitrogens with zero attached hydrogens (tertiary/aromatic N) is 2. The zero-order valence-corrected chi connectivity index (χ0v) is 13.2. The summed E-state index contributed by atoms with van der Waals surface area (Å²) in [6.45, 7) is 3.10. The van der Waals surface area contributed by atoms with Gasteiger partial charge in [0.1, 0.15) is 6.61 Å². The van der Waals surface area contributed by atoms with E-state index in [2.05, 4.69) is 4.99 Å². The molecule has 0 spiro atoms. The third-order valence-corrected chi connectivity index (χ3v) is 3.58. The Labute approximate surface area is 139 Å². The Bertz CT molecular complexity index is 628. The molecule has 1 atom stereocenters. The number of hydrogen-bond acceptors (Lipinski definition) is 4. The number of aliphatic hydroxyl groups is 1. The van der Waals surface area contributed by atoms with Crippen LogP contribution in [0.25, 0.3) is 0 Å². The fourth-order valence-corrected chi connectivity index (χ4v) is 2.27. The van der Waals surface area contributed by atoms with Crippen molar-refractivity contribution < 1.29 is 36.2 Å². The quantitative estimate of drug-likeness (QED) is 0.806. The summed E-state index contributed by atoms with van der Waals surface area (Å²) in [6, 6.07) is 3.72. The topological polar surface area (TPSA) is 45.1 Å². The van der Waals surface area contributed by atoms with E-state index in [1.807, 2.05) is 6.92 Å². The van der Waals surface area contributed by atoms with E-state index >= 15 is 0 Å². The molecule has 25 heavy (non-hydrogen) atoms. The molecular formula is C15H16F6N2O2. The molecule has 1 N–H and O–H groups in total. The molecule has 0 saturated heterocycles. The van der Waals surface area contributed by atoms with Crippen molar-refractivity contribution in [1.29, 1.82) is 0 Å². The van der Waals surface area contributed by atoms with E-state index < -0.39 is 23.5 Å². The standard InChI is InChI=1S/C15H16F6N2O2/c1-2-8-23(12-22-7-9-25-12)11-5-3-10(4-6-11)13(16,17)14(18,24)15(19,20)21/h3-6,24H,2,7-9H2,1H3. The highest BCUT2D eigenvalue weighted by atomic mass is 19.4. The van der Waals surface area contributed by atoms with Gasteiger partial charge in [0.15, 0.2) is 0 Å². The van der Waals surface area contributed by atoms with E-state index in [9.17, 15) is 26.3 Å². The number of ether oxygens (including phenoxy) is 1. The van der Waals surface area contributed by atoms with Crippen molar-refractivity contribution >= 4 is 11.7 Å². The van der Waals surface area contributed by atoms with Crippen LogP contribution in [0.4, 0.5) is 32.0 Å². The highest BCUT2D eigenvalue weighted by molar-refractivity contribution is 5.92. The lowest BCUT2D eigenvalue weighted by atomic mass is 10.0. The van der Waals surface area contributed by atoms with E-state index in [-0.39, 0.29) is 6.02 Å². The smallest absolute Gasteiger partial charge is 0.455 e. The van der Waals surface area contributed by atoms with Gasteiger partial charge in [0.2, 0.25) is 0 Å². The summed E-state index contributed by atoms with van der Waals surface area (Å²) in [5.74, 6) is -10.8. The summed E-state index contributed by atoms with van der Waals surface area (Å²) < 4.78 is 83.4. The molecule has 10 heteroatoms. The van der Waals surface area contributed by atoms with Crippen LogP contribution in [0.5, 0.6) is 0 Å². The number of halogens is 6. The zero-order valence-electron chi connectivity index (χ0n) is 13.2. The summed E-state index contributed by atoms with van der Waals surface area (Å²) in [6.07, 6.45) is -5.48. The maximum atomic E-state index is 13.8. The number of amidine groups is 1. The number of rotatable bonds is 5. The van der Waals surface area contributed by atoms with Crippen molar-refractivity contribution in [3.63, 3.8) is 0 Å². The van der Waals surface area contributed by atoms with Crippen molar-refractivity contribution in [2.24, 2.45) is 4.99 Å². The summed E-state index contributed by atoms with van der Waals surface area (Å²) in [5, 5.41) is 8.68. The molecule has 1 heterocycles. The first-order chi connectivity index (χ1) is 11.5. The number of aliphatic imine (C=N–C) groups is 1. The van der Waals surface area contributed by atoms with Gasteiger partial charge in [-0.05, 0) is 18.6 Å². The molecule has 140 valence electrons. The van der Waals surface area contributed by atoms with Crippen LogP contribution >= 0.6 is 0 Å². The van der Waals surface area contributed by atoms with Crippen LogP contribution in [0.15, 0.2) is 29.3 Å². The van der Waals surface area contributed by atoms with Gasteiger partial charge >= 0.3 is 18.0 Å². The van der Waals surface area contributed by atoms with Crippen LogP contribution in [0.3, 0.4) is 0 Å². The minimum atomic E-state index is -6.14. The Morgan fingerprint density at radius 3 is 2.16 bits per heavy atom. The van der Waals surface area contributed by atoms with E-state index in [0.29, 0.717) is 43.9 Å². The van der Waals surface area contributed by atoms with Crippen LogP contribution in [0.2, 0.25) is 0 Å². The molecule has 0 bridgehead atoms. The van der Waals surface area contributed by atoms with Gasteiger partial charge in [-0.15, -0.1) is 0 Å². The molecule has 0 aliphatic carbocycles. The Morgan fingerprint density at radius 1 is 1.12 bits per heavy atom. The van der Waals surface area contributed by atoms with Crippen LogP contribution in [-0.2, 0) is 10.7 Å². The summed E-state index contributed by atoms with van der Waals surface area (Å²) >= 11 is 0. The van der Waals surface area contributed by atoms with Crippen LogP contribution in [0.1, 0.15) is 18.9 Å². The van der Waals surface area contributed by atoms with Crippen molar-refractivity contribution in [1.82, 2.24) is 0 Å². The molecular weight excluding hydrogens is 354 g/mol. The number of benzene rings is 1. The van der Waals surface area contributed by atoms with E-state index in [1.54, 1.807) is 4.90 Å². The van der Waals surface area contributed by atoms with Crippen molar-refractivity contribution in [2.45, 2.75) is 31.3 Å². The van der Waals surface area contributed by atoms with E-state index in [0.717, 1.165) is 12.1 Å². The Hall–Kier alpha value is -1.97. The normalized spacial score (nSPS) is 17.7. The molecule has 4 nitrogen and oxygen atoms in total. The summed E-state index contributed by atoms with van der Waals surface area (Å²) in [7, 11) is 0. The van der Waals surface area contributed by atoms with Crippen molar-refractivity contribution in [3.05, 3.63) is 29.8 Å². The maximum absolute atomic E-state index is 13.8. The molecule has 1 unspecified atom stereocenters. The Morgan fingerprint density at radius 2 is 1.72 bits per heavy atom. The van der Waals surface area contributed by atoms with Crippen molar-refractivity contribution in [2.75, 3.05) is 24.6 Å². The van der Waals surface area contributed by atoms with Gasteiger partial charge in [0.25, 0.3) is 6.02 Å². The molecule has 1 aliphatic rings. The molecule has 1 aliphatic heterocycles. The first-order valence-electron chi connectivity index (χ1n) is 7.43. The predicted octanol–water partition coefficient (Wildman–Crippen LogP) is 3.60. The van der Waals surface area contributed by atoms with Gasteiger partial charge in [-0.2, -0.15) is 26.3 Å². The molecule has 0 amide bonds. The molecule has 1 aromatic carbocycles. The van der Waals surface area contributed by atoms with Crippen LogP contribution < -0.4 is 4.90 Å². The van der Waals surface area contributed by atoms with Crippen molar-refractivity contribution in [3.8, 4) is 0 Å². The zero-order chi connectivity index (χ0) is 18.9. The first-order valence-corrected chi connectivity index (χ1v) is 7.43. The Kier molecular flexibility index (Phi) is 5.22.